The van der Waals surface area contributed by atoms with Gasteiger partial charge in [0.1, 0.15) is 0 Å². The molecule has 0 amide bonds. The van der Waals surface area contributed by atoms with Crippen LogP contribution in [0.4, 0.5) is 0 Å². The van der Waals surface area contributed by atoms with E-state index >= 15 is 0 Å². The molecule has 1 saturated heterocycles. The molecule has 0 aromatic rings. The summed E-state index contributed by atoms with van der Waals surface area (Å²) < 4.78 is 5.36. The Morgan fingerprint density at radius 1 is 1.58 bits per heavy atom. The van der Waals surface area contributed by atoms with Gasteiger partial charge in [-0.3, -0.25) is 4.99 Å². The molecule has 2 heterocycles. The topological polar surface area (TPSA) is 33.6 Å². The van der Waals surface area contributed by atoms with E-state index in [1.807, 2.05) is 0 Å². The number of nitrogens with zero attached hydrogens (tertiary/aromatic N) is 1. The summed E-state index contributed by atoms with van der Waals surface area (Å²) >= 11 is 0. The fraction of sp³-hybridized carbons (Fsp3) is 0.889. The summed E-state index contributed by atoms with van der Waals surface area (Å²) in [6.07, 6.45) is 1.10. The number of aliphatic imine (C=N–C) groups is 1. The van der Waals surface area contributed by atoms with Crippen LogP contribution in [0.2, 0.25) is 0 Å². The fourth-order valence-corrected chi connectivity index (χ4v) is 1.74. The highest BCUT2D eigenvalue weighted by Crippen LogP contribution is 2.18. The third-order valence-electron chi connectivity index (χ3n) is 2.51. The van der Waals surface area contributed by atoms with Gasteiger partial charge in [0.2, 0.25) is 0 Å². The fourth-order valence-electron chi connectivity index (χ4n) is 1.74. The molecule has 1 fully saturated rings. The summed E-state index contributed by atoms with van der Waals surface area (Å²) in [6, 6.07) is 0.937. The maximum atomic E-state index is 5.36. The second kappa shape index (κ2) is 3.05. The maximum absolute atomic E-state index is 5.36. The van der Waals surface area contributed by atoms with Gasteiger partial charge < -0.3 is 10.1 Å². The molecule has 0 aromatic carbocycles. The Balaban J connectivity index is 2.04. The van der Waals surface area contributed by atoms with Gasteiger partial charge in [0.05, 0.1) is 24.5 Å². The third kappa shape index (κ3) is 1.33. The smallest absolute Gasteiger partial charge is 0.0997 e. The first kappa shape index (κ1) is 8.05. The van der Waals surface area contributed by atoms with Crippen LogP contribution in [-0.4, -0.2) is 31.1 Å². The zero-order valence-electron chi connectivity index (χ0n) is 7.71. The average Bonchev–Trinajstić information content (AvgIpc) is 2.46. The lowest BCUT2D eigenvalue weighted by molar-refractivity contribution is 0.0721. The Kier molecular flexibility index (Phi) is 2.05. The highest BCUT2D eigenvalue weighted by molar-refractivity contribution is 5.86. The first-order valence-electron chi connectivity index (χ1n) is 4.69. The largest absolute Gasteiger partial charge is 0.379 e. The van der Waals surface area contributed by atoms with E-state index in [9.17, 15) is 0 Å². The number of hydrogen-bond donors (Lipinski definition) is 1. The van der Waals surface area contributed by atoms with Crippen molar-refractivity contribution >= 4 is 5.84 Å². The van der Waals surface area contributed by atoms with Crippen LogP contribution in [0.5, 0.6) is 0 Å². The molecule has 1 N–H and O–H groups in total. The first-order chi connectivity index (χ1) is 5.77. The van der Waals surface area contributed by atoms with Crippen LogP contribution in [0.15, 0.2) is 4.99 Å². The normalized spacial score (nSPS) is 34.4. The molecule has 2 rings (SSSR count). The molecule has 0 saturated carbocycles. The van der Waals surface area contributed by atoms with Crippen molar-refractivity contribution in [1.82, 2.24) is 5.32 Å². The highest BCUT2D eigenvalue weighted by Gasteiger charge is 2.31. The Morgan fingerprint density at radius 3 is 3.08 bits per heavy atom. The van der Waals surface area contributed by atoms with E-state index in [1.54, 1.807) is 0 Å². The van der Waals surface area contributed by atoms with Gasteiger partial charge in [-0.25, -0.2) is 0 Å². The summed E-state index contributed by atoms with van der Waals surface area (Å²) in [7, 11) is 0. The zero-order valence-corrected chi connectivity index (χ0v) is 7.71. The number of amidine groups is 1. The Hall–Kier alpha value is -0.570. The van der Waals surface area contributed by atoms with Crippen LogP contribution in [0, 0.1) is 5.92 Å². The molecule has 68 valence electrons. The van der Waals surface area contributed by atoms with Gasteiger partial charge in [0, 0.05) is 12.5 Å². The molecular formula is C9H16N2O. The SMILES string of the molecule is CC(C)C1=NC2COCCC2N1. The van der Waals surface area contributed by atoms with Gasteiger partial charge in [-0.1, -0.05) is 13.8 Å². The van der Waals surface area contributed by atoms with Crippen LogP contribution in [-0.2, 0) is 4.74 Å². The molecular weight excluding hydrogens is 152 g/mol. The predicted molar refractivity (Wildman–Crippen MR) is 48.4 cm³/mol. The van der Waals surface area contributed by atoms with Gasteiger partial charge in [-0.2, -0.15) is 0 Å². The summed E-state index contributed by atoms with van der Waals surface area (Å²) in [5, 5.41) is 3.46. The Labute approximate surface area is 73.2 Å². The minimum atomic E-state index is 0.385. The number of nitrogens with one attached hydrogen (secondary N) is 1. The lowest BCUT2D eigenvalue weighted by Gasteiger charge is -2.23. The molecule has 3 nitrogen and oxygen atoms in total. The molecule has 2 aliphatic heterocycles. The van der Waals surface area contributed by atoms with E-state index in [-0.39, 0.29) is 0 Å². The quantitative estimate of drug-likeness (QED) is 0.628. The second-order valence-corrected chi connectivity index (χ2v) is 3.85. The van der Waals surface area contributed by atoms with E-state index in [4.69, 9.17) is 4.74 Å². The summed E-state index contributed by atoms with van der Waals surface area (Å²) in [6.45, 7) is 6.02. The molecule has 0 aliphatic carbocycles. The summed E-state index contributed by atoms with van der Waals surface area (Å²) in [5.74, 6) is 1.69. The lowest BCUT2D eigenvalue weighted by atomic mass is 10.1. The van der Waals surface area contributed by atoms with Crippen molar-refractivity contribution in [1.29, 1.82) is 0 Å². The molecule has 0 radical (unpaired) electrons. The van der Waals surface area contributed by atoms with Gasteiger partial charge in [-0.15, -0.1) is 0 Å². The molecule has 2 atom stereocenters. The van der Waals surface area contributed by atoms with Crippen LogP contribution >= 0.6 is 0 Å². The van der Waals surface area contributed by atoms with E-state index in [1.165, 1.54) is 0 Å². The van der Waals surface area contributed by atoms with Gasteiger partial charge in [0.15, 0.2) is 0 Å². The summed E-state index contributed by atoms with van der Waals surface area (Å²) in [5.41, 5.74) is 0. The minimum absolute atomic E-state index is 0.385. The standard InChI is InChI=1S/C9H16N2O/c1-6(2)9-10-7-3-4-12-5-8(7)11-9/h6-8H,3-5H2,1-2H3,(H,10,11). The van der Waals surface area contributed by atoms with Gasteiger partial charge in [0.25, 0.3) is 0 Å². The van der Waals surface area contributed by atoms with Gasteiger partial charge >= 0.3 is 0 Å². The monoisotopic (exact) mass is 168 g/mol. The van der Waals surface area contributed by atoms with Gasteiger partial charge in [-0.05, 0) is 6.42 Å². The van der Waals surface area contributed by atoms with Crippen molar-refractivity contribution in [2.45, 2.75) is 32.4 Å². The number of ether oxygens (including phenoxy) is 1. The number of rotatable bonds is 1. The van der Waals surface area contributed by atoms with Crippen molar-refractivity contribution < 1.29 is 4.74 Å². The van der Waals surface area contributed by atoms with Crippen LogP contribution in [0.1, 0.15) is 20.3 Å². The maximum Gasteiger partial charge on any atom is 0.0997 e. The van der Waals surface area contributed by atoms with E-state index in [0.29, 0.717) is 18.0 Å². The minimum Gasteiger partial charge on any atom is -0.379 e. The molecule has 0 spiro atoms. The second-order valence-electron chi connectivity index (χ2n) is 3.85. The highest BCUT2D eigenvalue weighted by atomic mass is 16.5. The van der Waals surface area contributed by atoms with Crippen LogP contribution in [0.25, 0.3) is 0 Å². The van der Waals surface area contributed by atoms with E-state index in [2.05, 4.69) is 24.2 Å². The zero-order chi connectivity index (χ0) is 8.55. The molecule has 3 heteroatoms. The van der Waals surface area contributed by atoms with Crippen molar-refractivity contribution in [3.05, 3.63) is 0 Å². The van der Waals surface area contributed by atoms with E-state index < -0.39 is 0 Å². The lowest BCUT2D eigenvalue weighted by Crippen LogP contribution is -2.41. The average molecular weight is 168 g/mol. The van der Waals surface area contributed by atoms with Crippen molar-refractivity contribution in [2.24, 2.45) is 10.9 Å². The third-order valence-corrected chi connectivity index (χ3v) is 2.51. The molecule has 2 aliphatic rings. The predicted octanol–water partition coefficient (Wildman–Crippen LogP) is 0.802. The van der Waals surface area contributed by atoms with Crippen molar-refractivity contribution in [3.8, 4) is 0 Å². The molecule has 12 heavy (non-hydrogen) atoms. The van der Waals surface area contributed by atoms with Crippen LogP contribution in [0.3, 0.4) is 0 Å². The van der Waals surface area contributed by atoms with Crippen molar-refractivity contribution in [2.75, 3.05) is 13.2 Å². The number of fused-ring (bicyclic) bond motifs is 1. The number of hydrogen-bond acceptors (Lipinski definition) is 3. The summed E-state index contributed by atoms with van der Waals surface area (Å²) in [4.78, 5) is 4.59. The van der Waals surface area contributed by atoms with Crippen molar-refractivity contribution in [3.63, 3.8) is 0 Å². The van der Waals surface area contributed by atoms with E-state index in [0.717, 1.165) is 25.5 Å². The first-order valence-corrected chi connectivity index (χ1v) is 4.69. The molecule has 2 unspecified atom stereocenters. The molecule has 0 bridgehead atoms. The van der Waals surface area contributed by atoms with Crippen LogP contribution < -0.4 is 5.32 Å². The molecule has 0 aromatic heterocycles. The Bertz CT molecular complexity index is 201. The Morgan fingerprint density at radius 2 is 2.42 bits per heavy atom.